The maximum absolute atomic E-state index is 11.9. The summed E-state index contributed by atoms with van der Waals surface area (Å²) in [5.74, 6) is 1.14. The molecule has 0 saturated carbocycles. The van der Waals surface area contributed by atoms with Gasteiger partial charge in [-0.25, -0.2) is 4.99 Å². The van der Waals surface area contributed by atoms with Crippen LogP contribution in [-0.2, 0) is 10.5 Å². The maximum Gasteiger partial charge on any atom is 0.248 e. The number of amides is 1. The summed E-state index contributed by atoms with van der Waals surface area (Å²) in [5.41, 5.74) is 8.97. The summed E-state index contributed by atoms with van der Waals surface area (Å²) in [7, 11) is 1.65. The van der Waals surface area contributed by atoms with Gasteiger partial charge in [-0.2, -0.15) is 0 Å². The number of methoxy groups -OCH3 is 1. The van der Waals surface area contributed by atoms with Gasteiger partial charge in [0.05, 0.1) is 12.7 Å². The van der Waals surface area contributed by atoms with E-state index in [4.69, 9.17) is 15.5 Å². The fourth-order valence-electron chi connectivity index (χ4n) is 2.79. The highest BCUT2D eigenvalue weighted by molar-refractivity contribution is 8.13. The third-order valence-electron chi connectivity index (χ3n) is 4.13. The molecule has 6 heteroatoms. The van der Waals surface area contributed by atoms with Crippen molar-refractivity contribution in [2.24, 2.45) is 10.7 Å². The highest BCUT2D eigenvalue weighted by atomic mass is 32.2. The van der Waals surface area contributed by atoms with E-state index in [1.54, 1.807) is 18.9 Å². The molecule has 0 fully saturated rings. The molecule has 134 valence electrons. The number of aliphatic imine (C=N–C) groups is 1. The SMILES string of the molecule is COc1ccc(CSC2=NC(c3ccccc3)C(C(N)=O)=C(C)N2)cc1. The van der Waals surface area contributed by atoms with Crippen LogP contribution in [0.4, 0.5) is 0 Å². The molecule has 1 unspecified atom stereocenters. The van der Waals surface area contributed by atoms with Crippen LogP contribution in [0.1, 0.15) is 24.1 Å². The molecule has 1 atom stereocenters. The highest BCUT2D eigenvalue weighted by Gasteiger charge is 2.27. The Morgan fingerprint density at radius 2 is 1.88 bits per heavy atom. The van der Waals surface area contributed by atoms with Gasteiger partial charge in [-0.05, 0) is 30.2 Å². The fourth-order valence-corrected chi connectivity index (χ4v) is 3.69. The number of primary amides is 1. The van der Waals surface area contributed by atoms with Gasteiger partial charge in [0, 0.05) is 11.4 Å². The zero-order valence-electron chi connectivity index (χ0n) is 14.7. The first kappa shape index (κ1) is 18.1. The largest absolute Gasteiger partial charge is 0.497 e. The Morgan fingerprint density at radius 3 is 2.50 bits per heavy atom. The number of ether oxygens (including phenoxy) is 1. The van der Waals surface area contributed by atoms with E-state index in [-0.39, 0.29) is 6.04 Å². The Hall–Kier alpha value is -2.73. The van der Waals surface area contributed by atoms with Crippen LogP contribution in [-0.4, -0.2) is 18.2 Å². The third-order valence-corrected chi connectivity index (χ3v) is 5.09. The quantitative estimate of drug-likeness (QED) is 0.849. The number of benzene rings is 2. The summed E-state index contributed by atoms with van der Waals surface area (Å²) in [5, 5.41) is 3.98. The number of hydrogen-bond donors (Lipinski definition) is 2. The molecular formula is C20H21N3O2S. The number of thioether (sulfide) groups is 1. The first-order valence-corrected chi connectivity index (χ1v) is 9.23. The number of carbonyl (C=O) groups excluding carboxylic acids is 1. The number of amidine groups is 1. The van der Waals surface area contributed by atoms with Crippen LogP contribution in [0.3, 0.4) is 0 Å². The lowest BCUT2D eigenvalue weighted by Gasteiger charge is -2.25. The Kier molecular flexibility index (Phi) is 5.63. The second-order valence-electron chi connectivity index (χ2n) is 5.91. The van der Waals surface area contributed by atoms with Crippen molar-refractivity contribution in [1.29, 1.82) is 0 Å². The predicted molar refractivity (Wildman–Crippen MR) is 106 cm³/mol. The van der Waals surface area contributed by atoms with Crippen molar-refractivity contribution in [1.82, 2.24) is 5.32 Å². The lowest BCUT2D eigenvalue weighted by Crippen LogP contribution is -2.32. The molecule has 1 aliphatic heterocycles. The topological polar surface area (TPSA) is 76.7 Å². The number of allylic oxidation sites excluding steroid dienone is 1. The van der Waals surface area contributed by atoms with Crippen LogP contribution in [0, 0.1) is 0 Å². The Balaban J connectivity index is 1.80. The molecule has 0 saturated heterocycles. The van der Waals surface area contributed by atoms with Crippen LogP contribution in [0.15, 0.2) is 70.9 Å². The molecule has 5 nitrogen and oxygen atoms in total. The molecule has 1 aliphatic rings. The fraction of sp³-hybridized carbons (Fsp3) is 0.200. The number of nitrogens with zero attached hydrogens (tertiary/aromatic N) is 1. The zero-order chi connectivity index (χ0) is 18.5. The Labute approximate surface area is 157 Å². The molecule has 3 N–H and O–H groups in total. The number of nitrogens with two attached hydrogens (primary N) is 1. The van der Waals surface area contributed by atoms with E-state index >= 15 is 0 Å². The molecule has 0 bridgehead atoms. The van der Waals surface area contributed by atoms with Gasteiger partial charge in [0.15, 0.2) is 5.17 Å². The van der Waals surface area contributed by atoms with Crippen molar-refractivity contribution in [3.05, 3.63) is 77.0 Å². The van der Waals surface area contributed by atoms with Crippen molar-refractivity contribution < 1.29 is 9.53 Å². The maximum atomic E-state index is 11.9. The molecule has 0 spiro atoms. The van der Waals surface area contributed by atoms with E-state index in [0.717, 1.165) is 27.9 Å². The van der Waals surface area contributed by atoms with E-state index in [9.17, 15) is 4.79 Å². The Morgan fingerprint density at radius 1 is 1.19 bits per heavy atom. The second kappa shape index (κ2) is 8.10. The minimum Gasteiger partial charge on any atom is -0.497 e. The van der Waals surface area contributed by atoms with Crippen LogP contribution >= 0.6 is 11.8 Å². The van der Waals surface area contributed by atoms with Gasteiger partial charge in [0.2, 0.25) is 5.91 Å². The van der Waals surface area contributed by atoms with Gasteiger partial charge < -0.3 is 15.8 Å². The number of carbonyl (C=O) groups is 1. The normalized spacial score (nSPS) is 16.7. The van der Waals surface area contributed by atoms with E-state index in [2.05, 4.69) is 5.32 Å². The summed E-state index contributed by atoms with van der Waals surface area (Å²) in [6, 6.07) is 17.3. The van der Waals surface area contributed by atoms with Gasteiger partial charge in [0.25, 0.3) is 0 Å². The van der Waals surface area contributed by atoms with E-state index in [0.29, 0.717) is 5.57 Å². The zero-order valence-corrected chi connectivity index (χ0v) is 15.5. The predicted octanol–water partition coefficient (Wildman–Crippen LogP) is 3.39. The smallest absolute Gasteiger partial charge is 0.248 e. The van der Waals surface area contributed by atoms with Crippen molar-refractivity contribution >= 4 is 22.8 Å². The van der Waals surface area contributed by atoms with Crippen molar-refractivity contribution in [3.8, 4) is 5.75 Å². The van der Waals surface area contributed by atoms with Gasteiger partial charge in [-0.3, -0.25) is 4.79 Å². The lowest BCUT2D eigenvalue weighted by atomic mass is 9.96. The first-order valence-electron chi connectivity index (χ1n) is 8.24. The molecule has 0 aliphatic carbocycles. The lowest BCUT2D eigenvalue weighted by molar-refractivity contribution is -0.114. The van der Waals surface area contributed by atoms with E-state index in [1.807, 2.05) is 61.5 Å². The van der Waals surface area contributed by atoms with Crippen molar-refractivity contribution in [2.45, 2.75) is 18.7 Å². The van der Waals surface area contributed by atoms with Gasteiger partial charge in [-0.15, -0.1) is 0 Å². The average Bonchev–Trinajstić information content (AvgIpc) is 2.66. The number of hydrogen-bond acceptors (Lipinski definition) is 5. The average molecular weight is 367 g/mol. The highest BCUT2D eigenvalue weighted by Crippen LogP contribution is 2.32. The summed E-state index contributed by atoms with van der Waals surface area (Å²) in [6.45, 7) is 1.86. The van der Waals surface area contributed by atoms with Crippen molar-refractivity contribution in [3.63, 3.8) is 0 Å². The molecule has 2 aromatic carbocycles. The molecule has 2 aromatic rings. The van der Waals surface area contributed by atoms with Gasteiger partial charge in [0.1, 0.15) is 11.8 Å². The summed E-state index contributed by atoms with van der Waals surface area (Å²) < 4.78 is 5.18. The molecule has 1 amide bonds. The first-order chi connectivity index (χ1) is 12.6. The molecule has 0 aromatic heterocycles. The number of nitrogens with one attached hydrogen (secondary N) is 1. The van der Waals surface area contributed by atoms with Crippen LogP contribution in [0.25, 0.3) is 0 Å². The van der Waals surface area contributed by atoms with E-state index in [1.165, 1.54) is 5.56 Å². The summed E-state index contributed by atoms with van der Waals surface area (Å²) >= 11 is 1.59. The van der Waals surface area contributed by atoms with Crippen molar-refractivity contribution in [2.75, 3.05) is 7.11 Å². The van der Waals surface area contributed by atoms with Crippen LogP contribution in [0.5, 0.6) is 5.75 Å². The number of rotatable bonds is 5. The Bertz CT molecular complexity index is 845. The molecular weight excluding hydrogens is 346 g/mol. The van der Waals surface area contributed by atoms with E-state index < -0.39 is 5.91 Å². The van der Waals surface area contributed by atoms with Crippen LogP contribution < -0.4 is 15.8 Å². The molecule has 3 rings (SSSR count). The summed E-state index contributed by atoms with van der Waals surface area (Å²) in [4.78, 5) is 16.7. The monoisotopic (exact) mass is 367 g/mol. The van der Waals surface area contributed by atoms with Crippen LogP contribution in [0.2, 0.25) is 0 Å². The van der Waals surface area contributed by atoms with Gasteiger partial charge in [-0.1, -0.05) is 54.2 Å². The molecule has 1 heterocycles. The minimum absolute atomic E-state index is 0.381. The minimum atomic E-state index is -0.452. The molecule has 26 heavy (non-hydrogen) atoms. The van der Waals surface area contributed by atoms with Gasteiger partial charge >= 0.3 is 0 Å². The standard InChI is InChI=1S/C20H21N3O2S/c1-13-17(19(21)24)18(15-6-4-3-5-7-15)23-20(22-13)26-12-14-8-10-16(25-2)11-9-14/h3-11,18H,12H2,1-2H3,(H2,21,24)(H,22,23). The second-order valence-corrected chi connectivity index (χ2v) is 6.88. The third kappa shape index (κ3) is 4.08. The summed E-state index contributed by atoms with van der Waals surface area (Å²) in [6.07, 6.45) is 0. The molecule has 0 radical (unpaired) electrons.